The van der Waals surface area contributed by atoms with Gasteiger partial charge >= 0.3 is 6.18 Å². The Morgan fingerprint density at radius 3 is 2.53 bits per heavy atom. The van der Waals surface area contributed by atoms with Crippen LogP contribution in [0.4, 0.5) is 13.2 Å². The summed E-state index contributed by atoms with van der Waals surface area (Å²) < 4.78 is 59.9. The molecule has 8 nitrogen and oxygen atoms in total. The quantitative estimate of drug-likeness (QED) is 0.346. The first kappa shape index (κ1) is 21.7. The van der Waals surface area contributed by atoms with Crippen LogP contribution in [-0.2, 0) is 11.9 Å². The van der Waals surface area contributed by atoms with Crippen molar-refractivity contribution in [2.45, 2.75) is 17.2 Å². The Balaban J connectivity index is 1.44. The van der Waals surface area contributed by atoms with E-state index >= 15 is 0 Å². The van der Waals surface area contributed by atoms with Gasteiger partial charge in [0.1, 0.15) is 0 Å². The Morgan fingerprint density at radius 1 is 0.969 bits per heavy atom. The molecule has 0 N–H and O–H groups in total. The van der Waals surface area contributed by atoms with Crippen LogP contribution in [-0.4, -0.2) is 34.6 Å². The predicted molar refractivity (Wildman–Crippen MR) is 107 cm³/mol. The maximum Gasteiger partial charge on any atom is 0.416 e. The van der Waals surface area contributed by atoms with E-state index in [1.54, 1.807) is 18.2 Å². The van der Waals surface area contributed by atoms with Crippen molar-refractivity contribution >= 4 is 11.8 Å². The molecule has 0 spiro atoms. The Labute approximate surface area is 183 Å². The number of alkyl halides is 3. The van der Waals surface area contributed by atoms with E-state index in [0.717, 1.165) is 23.9 Å². The van der Waals surface area contributed by atoms with Gasteiger partial charge in [-0.3, -0.25) is 0 Å². The van der Waals surface area contributed by atoms with Crippen molar-refractivity contribution in [1.29, 1.82) is 0 Å². The third-order valence-corrected chi connectivity index (χ3v) is 5.08. The number of thioether (sulfide) groups is 1. The molecule has 0 saturated carbocycles. The summed E-state index contributed by atoms with van der Waals surface area (Å²) in [5.41, 5.74) is 0.0595. The van der Waals surface area contributed by atoms with Gasteiger partial charge in [-0.15, -0.1) is 10.2 Å². The highest BCUT2D eigenvalue weighted by atomic mass is 32.2. The molecule has 0 fully saturated rings. The van der Waals surface area contributed by atoms with Gasteiger partial charge in [-0.2, -0.15) is 18.2 Å². The van der Waals surface area contributed by atoms with Crippen molar-refractivity contribution in [2.75, 3.05) is 14.2 Å². The molecule has 2 heterocycles. The first-order valence-corrected chi connectivity index (χ1v) is 10.0. The van der Waals surface area contributed by atoms with Gasteiger partial charge in [0, 0.05) is 11.1 Å². The van der Waals surface area contributed by atoms with E-state index in [1.165, 1.54) is 26.4 Å². The van der Waals surface area contributed by atoms with E-state index in [0.29, 0.717) is 17.1 Å². The number of hydrogen-bond acceptors (Lipinski definition) is 9. The van der Waals surface area contributed by atoms with E-state index in [2.05, 4.69) is 20.3 Å². The Kier molecular flexibility index (Phi) is 6.04. The lowest BCUT2D eigenvalue weighted by molar-refractivity contribution is -0.137. The molecule has 2 aromatic carbocycles. The molecule has 2 aromatic heterocycles. The summed E-state index contributed by atoms with van der Waals surface area (Å²) >= 11 is 1.15. The van der Waals surface area contributed by atoms with Crippen LogP contribution in [0.1, 0.15) is 11.5 Å². The minimum Gasteiger partial charge on any atom is -0.493 e. The third-order valence-electron chi connectivity index (χ3n) is 4.27. The largest absolute Gasteiger partial charge is 0.493 e. The highest BCUT2D eigenvalue weighted by Crippen LogP contribution is 2.34. The summed E-state index contributed by atoms with van der Waals surface area (Å²) in [6.07, 6.45) is -4.46. The molecule has 0 radical (unpaired) electrons. The van der Waals surface area contributed by atoms with Crippen LogP contribution < -0.4 is 9.47 Å². The topological polar surface area (TPSA) is 96.3 Å². The number of hydrogen-bond donors (Lipinski definition) is 0. The average molecular weight is 464 g/mol. The van der Waals surface area contributed by atoms with Gasteiger partial charge in [-0.25, -0.2) is 0 Å². The number of ether oxygens (including phenoxy) is 2. The van der Waals surface area contributed by atoms with Gasteiger partial charge < -0.3 is 18.4 Å². The molecule has 4 rings (SSSR count). The van der Waals surface area contributed by atoms with Crippen LogP contribution in [0.5, 0.6) is 11.5 Å². The Morgan fingerprint density at radius 2 is 1.78 bits per heavy atom. The van der Waals surface area contributed by atoms with E-state index in [4.69, 9.17) is 18.4 Å². The molecule has 0 unspecified atom stereocenters. The Bertz CT molecular complexity index is 1230. The van der Waals surface area contributed by atoms with Crippen molar-refractivity contribution in [3.8, 4) is 34.3 Å². The summed E-state index contributed by atoms with van der Waals surface area (Å²) in [5, 5.41) is 12.0. The lowest BCUT2D eigenvalue weighted by atomic mass is 10.1. The molecule has 0 amide bonds. The SMILES string of the molecule is COc1ccc(-c2nnc(SCc3nc(-c4cccc(C(F)(F)F)c4)no3)o2)cc1OC. The van der Waals surface area contributed by atoms with Crippen LogP contribution >= 0.6 is 11.8 Å². The van der Waals surface area contributed by atoms with E-state index in [9.17, 15) is 13.2 Å². The zero-order valence-electron chi connectivity index (χ0n) is 16.7. The maximum absolute atomic E-state index is 12.9. The van der Waals surface area contributed by atoms with Gasteiger partial charge in [0.05, 0.1) is 25.5 Å². The summed E-state index contributed by atoms with van der Waals surface area (Å²) in [6, 6.07) is 9.89. The Hall–Kier alpha value is -3.54. The second-order valence-corrected chi connectivity index (χ2v) is 7.25. The van der Waals surface area contributed by atoms with Crippen molar-refractivity contribution < 1.29 is 31.6 Å². The standard InChI is InChI=1S/C20H15F3N4O4S/c1-28-14-7-6-12(9-15(14)29-2)18-25-26-19(30-18)32-10-16-24-17(27-31-16)11-4-3-5-13(8-11)20(21,22)23/h3-9H,10H2,1-2H3. The summed E-state index contributed by atoms with van der Waals surface area (Å²) in [6.45, 7) is 0. The summed E-state index contributed by atoms with van der Waals surface area (Å²) in [7, 11) is 3.06. The fourth-order valence-corrected chi connectivity index (χ4v) is 3.34. The molecule has 0 bridgehead atoms. The fraction of sp³-hybridized carbons (Fsp3) is 0.200. The molecule has 0 atom stereocenters. The summed E-state index contributed by atoms with van der Waals surface area (Å²) in [4.78, 5) is 4.14. The molecule has 0 aliphatic carbocycles. The smallest absolute Gasteiger partial charge is 0.416 e. The van der Waals surface area contributed by atoms with Gasteiger partial charge in [-0.05, 0) is 30.3 Å². The van der Waals surface area contributed by atoms with Crippen LogP contribution in [0.2, 0.25) is 0 Å². The monoisotopic (exact) mass is 464 g/mol. The number of halogens is 3. The average Bonchev–Trinajstić information content (AvgIpc) is 3.46. The molecule has 0 aliphatic heterocycles. The lowest BCUT2D eigenvalue weighted by Gasteiger charge is -2.07. The molecular formula is C20H15F3N4O4S. The van der Waals surface area contributed by atoms with Crippen LogP contribution in [0.3, 0.4) is 0 Å². The van der Waals surface area contributed by atoms with E-state index in [1.807, 2.05) is 0 Å². The number of rotatable bonds is 7. The van der Waals surface area contributed by atoms with Crippen LogP contribution in [0.15, 0.2) is 56.6 Å². The minimum atomic E-state index is -4.46. The van der Waals surface area contributed by atoms with E-state index < -0.39 is 11.7 Å². The molecule has 166 valence electrons. The van der Waals surface area contributed by atoms with Crippen LogP contribution in [0.25, 0.3) is 22.8 Å². The van der Waals surface area contributed by atoms with E-state index in [-0.39, 0.29) is 34.1 Å². The predicted octanol–water partition coefficient (Wildman–Crippen LogP) is 5.11. The molecule has 4 aromatic rings. The van der Waals surface area contributed by atoms with Crippen molar-refractivity contribution in [3.05, 3.63) is 53.9 Å². The van der Waals surface area contributed by atoms with Gasteiger partial charge in [0.25, 0.3) is 5.22 Å². The molecule has 32 heavy (non-hydrogen) atoms. The molecule has 0 saturated heterocycles. The normalized spacial score (nSPS) is 11.5. The molecule has 12 heteroatoms. The van der Waals surface area contributed by atoms with Gasteiger partial charge in [0.2, 0.25) is 17.6 Å². The lowest BCUT2D eigenvalue weighted by Crippen LogP contribution is -2.04. The highest BCUT2D eigenvalue weighted by molar-refractivity contribution is 7.98. The zero-order chi connectivity index (χ0) is 22.7. The molecular weight excluding hydrogens is 449 g/mol. The third kappa shape index (κ3) is 4.69. The van der Waals surface area contributed by atoms with Crippen molar-refractivity contribution in [2.24, 2.45) is 0 Å². The second kappa shape index (κ2) is 8.91. The summed E-state index contributed by atoms with van der Waals surface area (Å²) in [5.74, 6) is 1.82. The number of aromatic nitrogens is 4. The number of nitrogens with zero attached hydrogens (tertiary/aromatic N) is 4. The van der Waals surface area contributed by atoms with Gasteiger partial charge in [0.15, 0.2) is 11.5 Å². The number of methoxy groups -OCH3 is 2. The minimum absolute atomic E-state index is 0.0586. The van der Waals surface area contributed by atoms with Crippen molar-refractivity contribution in [3.63, 3.8) is 0 Å². The maximum atomic E-state index is 12.9. The number of benzene rings is 2. The van der Waals surface area contributed by atoms with Gasteiger partial charge in [-0.1, -0.05) is 29.1 Å². The fourth-order valence-electron chi connectivity index (χ4n) is 2.74. The first-order chi connectivity index (χ1) is 15.4. The molecule has 0 aliphatic rings. The first-order valence-electron chi connectivity index (χ1n) is 9.06. The second-order valence-electron chi connectivity index (χ2n) is 6.32. The highest BCUT2D eigenvalue weighted by Gasteiger charge is 2.30. The zero-order valence-corrected chi connectivity index (χ0v) is 17.5. The van der Waals surface area contributed by atoms with Crippen molar-refractivity contribution in [1.82, 2.24) is 20.3 Å². The van der Waals surface area contributed by atoms with Crippen LogP contribution in [0, 0.1) is 0 Å².